The van der Waals surface area contributed by atoms with Crippen LogP contribution in [0.25, 0.3) is 66.9 Å². The van der Waals surface area contributed by atoms with Crippen molar-refractivity contribution in [3.05, 3.63) is 347 Å². The van der Waals surface area contributed by atoms with Crippen LogP contribution in [0.5, 0.6) is 11.5 Å². The van der Waals surface area contributed by atoms with E-state index in [0.29, 0.717) is 5.75 Å². The third-order valence-corrected chi connectivity index (χ3v) is 19.9. The fourth-order valence-corrected chi connectivity index (χ4v) is 15.5. The summed E-state index contributed by atoms with van der Waals surface area (Å²) < 4.78 is 13.4. The molecule has 0 radical (unpaired) electrons. The molecule has 0 unspecified atom stereocenters. The number of hydrogen-bond donors (Lipinski definition) is 0. The van der Waals surface area contributed by atoms with Crippen molar-refractivity contribution in [2.75, 3.05) is 9.80 Å². The third-order valence-electron chi connectivity index (χ3n) is 18.9. The molecule has 0 amide bonds. The summed E-state index contributed by atoms with van der Waals surface area (Å²) in [6, 6.07) is 111. The summed E-state index contributed by atoms with van der Waals surface area (Å²) >= 11 is 2.56. The molecular weight excluding hydrogens is 1330 g/mol. The van der Waals surface area contributed by atoms with Crippen molar-refractivity contribution in [2.24, 2.45) is 0 Å². The molecule has 2 aliphatic heterocycles. The van der Waals surface area contributed by atoms with Gasteiger partial charge in [0.2, 0.25) is 0 Å². The second kappa shape index (κ2) is 23.2. The molecular formula is C87H69N5OPt. The normalized spacial score (nSPS) is 13.1. The predicted molar refractivity (Wildman–Crippen MR) is 384 cm³/mol. The van der Waals surface area contributed by atoms with Crippen LogP contribution in [0.15, 0.2) is 310 Å². The molecule has 0 saturated carbocycles. The van der Waals surface area contributed by atoms with Gasteiger partial charge in [-0.25, -0.2) is 0 Å². The number of rotatable bonds is 10. The Morgan fingerprint density at radius 3 is 1.38 bits per heavy atom. The van der Waals surface area contributed by atoms with Gasteiger partial charge < -0.3 is 4.90 Å². The number of aromatic nitrogens is 3. The van der Waals surface area contributed by atoms with Crippen LogP contribution >= 0.6 is 0 Å². The van der Waals surface area contributed by atoms with Gasteiger partial charge in [0.15, 0.2) is 0 Å². The first-order chi connectivity index (χ1) is 45.8. The standard InChI is InChI=1S/C87H69N5O.Pt/c1-85(2,3)65-49-50-88-83(55-65)92-77-40-23-22-39-73(77)87(74-46-43-63(59-27-12-7-13-28-59)51-80(74)91(67-35-20-11-21-36-67)81-52-64(44-47-75(81)87)60-29-14-8-15-30-60)76-48-45-69(57-82(76)92)93-70-54-66(86(4,5)6)53-68(56-70)89-58-90(79-42-25-24-41-78(79)89)84-71(61-31-16-9-17-32-61)37-26-38-72(84)62-33-18-10-19-34-62;/h7-57H,1-6H3;. The molecule has 0 fully saturated rings. The van der Waals surface area contributed by atoms with Crippen LogP contribution in [-0.4, -0.2) is 14.1 Å². The number of para-hydroxylation sites is 5. The number of benzene rings is 12. The Bertz CT molecular complexity index is 5130. The fraction of sp³-hybridized carbons (Fsp3) is 0.103. The van der Waals surface area contributed by atoms with Gasteiger partial charge in [-0.1, -0.05) is 142 Å². The van der Waals surface area contributed by atoms with Gasteiger partial charge in [-0.15, -0.1) is 0 Å². The third kappa shape index (κ3) is 9.90. The SMILES string of the molecule is CC(C)(C)c1cc(Oc2ccc3c(c2)N(c2cc(C(C)(C)C)ccn2)c2ccccc2C32c3ccc(-c4ccccc4)cc3N(c3ccccc3)c3cc(-c4ccccc4)ccc32)cc(-n2[c](=[Pt])n(-c3c(-c4ccccc4)cccc3-c3ccccc3)c3ccccc32)c1. The summed E-state index contributed by atoms with van der Waals surface area (Å²) in [5.41, 5.74) is 24.5. The first kappa shape index (κ1) is 58.4. The number of pyridine rings is 1. The molecule has 2 aromatic heterocycles. The van der Waals surface area contributed by atoms with Gasteiger partial charge in [-0.05, 0) is 63.6 Å². The summed E-state index contributed by atoms with van der Waals surface area (Å²) in [7, 11) is 0. The van der Waals surface area contributed by atoms with Crippen molar-refractivity contribution in [3.8, 4) is 67.4 Å². The van der Waals surface area contributed by atoms with Gasteiger partial charge >= 0.3 is 331 Å². The van der Waals surface area contributed by atoms with Gasteiger partial charge in [-0.3, -0.25) is 0 Å². The van der Waals surface area contributed by atoms with Crippen LogP contribution in [0.1, 0.15) is 74.9 Å². The molecule has 0 aliphatic carbocycles. The van der Waals surface area contributed by atoms with Gasteiger partial charge in [0.05, 0.1) is 11.4 Å². The minimum atomic E-state index is -0.858. The van der Waals surface area contributed by atoms with Gasteiger partial charge in [0, 0.05) is 11.9 Å². The zero-order valence-corrected chi connectivity index (χ0v) is 55.7. The van der Waals surface area contributed by atoms with E-state index in [2.05, 4.69) is 383 Å². The quantitative estimate of drug-likeness (QED) is 0.137. The zero-order valence-electron chi connectivity index (χ0n) is 53.4. The van der Waals surface area contributed by atoms with Crippen molar-refractivity contribution in [3.63, 3.8) is 0 Å². The van der Waals surface area contributed by atoms with E-state index >= 15 is 0 Å². The van der Waals surface area contributed by atoms with E-state index in [1.54, 1.807) is 0 Å². The maximum atomic E-state index is 7.53. The Morgan fingerprint density at radius 2 is 0.819 bits per heavy atom. The molecule has 6 nitrogen and oxygen atoms in total. The number of anilines is 6. The molecule has 7 heteroatoms. The summed E-state index contributed by atoms with van der Waals surface area (Å²) in [5, 5.41) is 0. The van der Waals surface area contributed by atoms with Crippen molar-refractivity contribution in [1.29, 1.82) is 0 Å². The van der Waals surface area contributed by atoms with Gasteiger partial charge in [-0.2, -0.15) is 0 Å². The summed E-state index contributed by atoms with van der Waals surface area (Å²) in [6.07, 6.45) is 1.97. The number of hydrogen-bond acceptors (Lipinski definition) is 4. The molecule has 0 atom stereocenters. The number of fused-ring (bicyclic) bond motifs is 9. The number of imidazole rings is 1. The summed E-state index contributed by atoms with van der Waals surface area (Å²) in [5.74, 6) is 2.27. The van der Waals surface area contributed by atoms with Crippen molar-refractivity contribution in [2.45, 2.75) is 57.8 Å². The van der Waals surface area contributed by atoms with Crippen molar-refractivity contribution >= 4 is 45.3 Å². The number of nitrogens with zero attached hydrogens (tertiary/aromatic N) is 5. The second-order valence-electron chi connectivity index (χ2n) is 26.7. The second-order valence-corrected chi connectivity index (χ2v) is 27.7. The van der Waals surface area contributed by atoms with E-state index in [1.807, 2.05) is 6.20 Å². The first-order valence-electron chi connectivity index (χ1n) is 32.3. The van der Waals surface area contributed by atoms with E-state index in [1.165, 1.54) is 16.7 Å². The summed E-state index contributed by atoms with van der Waals surface area (Å²) in [4.78, 5) is 10.2. The molecule has 458 valence electrons. The molecule has 1 spiro atoms. The minimum absolute atomic E-state index is 0.148. The van der Waals surface area contributed by atoms with Gasteiger partial charge in [0.25, 0.3) is 0 Å². The van der Waals surface area contributed by atoms with Crippen molar-refractivity contribution in [1.82, 2.24) is 14.1 Å². The molecule has 12 aromatic carbocycles. The topological polar surface area (TPSA) is 38.5 Å². The molecule has 94 heavy (non-hydrogen) atoms. The monoisotopic (exact) mass is 1390 g/mol. The van der Waals surface area contributed by atoms with Crippen molar-refractivity contribution < 1.29 is 24.1 Å². The Labute approximate surface area is 561 Å². The molecule has 0 saturated heterocycles. The Hall–Kier alpha value is -10.7. The van der Waals surface area contributed by atoms with E-state index in [0.717, 1.165) is 127 Å². The molecule has 14 aromatic rings. The number of ether oxygens (including phenoxy) is 1. The van der Waals surface area contributed by atoms with E-state index in [9.17, 15) is 0 Å². The van der Waals surface area contributed by atoms with E-state index in [4.69, 9.17) is 9.72 Å². The van der Waals surface area contributed by atoms with E-state index in [-0.39, 0.29) is 10.8 Å². The van der Waals surface area contributed by atoms with E-state index < -0.39 is 5.41 Å². The average molecular weight is 1400 g/mol. The van der Waals surface area contributed by atoms with Crippen LogP contribution in [-0.2, 0) is 35.6 Å². The Balaban J connectivity index is 0.934. The molecule has 0 N–H and O–H groups in total. The van der Waals surface area contributed by atoms with Crippen LogP contribution in [0.4, 0.5) is 34.3 Å². The molecule has 2 aliphatic rings. The molecule has 0 bridgehead atoms. The van der Waals surface area contributed by atoms with Crippen LogP contribution in [0, 0.1) is 3.80 Å². The first-order valence-corrected chi connectivity index (χ1v) is 33.5. The molecule has 16 rings (SSSR count). The fourth-order valence-electron chi connectivity index (χ4n) is 14.4. The van der Waals surface area contributed by atoms with Gasteiger partial charge in [0.1, 0.15) is 0 Å². The Kier molecular flexibility index (Phi) is 14.4. The van der Waals surface area contributed by atoms with Crippen LogP contribution in [0.3, 0.4) is 0 Å². The molecule has 4 heterocycles. The zero-order chi connectivity index (χ0) is 63.9. The van der Waals surface area contributed by atoms with Crippen LogP contribution in [0.2, 0.25) is 0 Å². The summed E-state index contributed by atoms with van der Waals surface area (Å²) in [6.45, 7) is 13.7. The maximum absolute atomic E-state index is 7.53. The van der Waals surface area contributed by atoms with Crippen LogP contribution < -0.4 is 14.5 Å². The predicted octanol–water partition coefficient (Wildman–Crippen LogP) is 22.9. The average Bonchev–Trinajstić information content (AvgIpc) is 0.808. The Morgan fingerprint density at radius 1 is 0.340 bits per heavy atom.